The van der Waals surface area contributed by atoms with Crippen LogP contribution < -0.4 is 11.5 Å². The number of amidine groups is 1. The van der Waals surface area contributed by atoms with Crippen LogP contribution in [0, 0.1) is 18.6 Å². The minimum absolute atomic E-state index is 0.00340. The first-order valence-electron chi connectivity index (χ1n) is 6.46. The minimum Gasteiger partial charge on any atom is -0.399 e. The van der Waals surface area contributed by atoms with Crippen molar-refractivity contribution >= 4 is 11.5 Å². The van der Waals surface area contributed by atoms with Crippen molar-refractivity contribution in [1.29, 1.82) is 0 Å². The summed E-state index contributed by atoms with van der Waals surface area (Å²) >= 11 is 0. The van der Waals surface area contributed by atoms with Gasteiger partial charge in [0.25, 0.3) is 0 Å². The van der Waals surface area contributed by atoms with Crippen molar-refractivity contribution in [2.45, 2.75) is 25.9 Å². The van der Waals surface area contributed by atoms with Gasteiger partial charge in [-0.15, -0.1) is 0 Å². The van der Waals surface area contributed by atoms with E-state index in [1.54, 1.807) is 13.8 Å². The first-order chi connectivity index (χ1) is 9.82. The van der Waals surface area contributed by atoms with Crippen molar-refractivity contribution in [3.05, 3.63) is 46.8 Å². The van der Waals surface area contributed by atoms with Crippen LogP contribution in [0.1, 0.15) is 23.9 Å². The Morgan fingerprint density at radius 2 is 2.00 bits per heavy atom. The van der Waals surface area contributed by atoms with E-state index >= 15 is 0 Å². The maximum absolute atomic E-state index is 14.1. The molecule has 1 unspecified atom stereocenters. The number of aliphatic imine (C=N–C) groups is 1. The van der Waals surface area contributed by atoms with Crippen LogP contribution in [0.3, 0.4) is 0 Å². The lowest BCUT2D eigenvalue weighted by Gasteiger charge is -2.31. The van der Waals surface area contributed by atoms with E-state index in [2.05, 4.69) is 10.1 Å². The van der Waals surface area contributed by atoms with Gasteiger partial charge in [0.15, 0.2) is 5.82 Å². The van der Waals surface area contributed by atoms with Crippen molar-refractivity contribution in [3.63, 3.8) is 0 Å². The molecule has 1 aliphatic rings. The minimum atomic E-state index is -0.985. The Kier molecular flexibility index (Phi) is 2.76. The largest absolute Gasteiger partial charge is 0.399 e. The standard InChI is InChI=1S/C14H15F2N5/c1-7-11(16)12-13(18)19-14(2,6-21(12)20-7)9-5-8(17)3-4-10(9)15/h3-5H,6,17H2,1-2H3,(H2,18,19). The first-order valence-corrected chi connectivity index (χ1v) is 6.46. The zero-order valence-corrected chi connectivity index (χ0v) is 11.7. The number of aromatic nitrogens is 2. The summed E-state index contributed by atoms with van der Waals surface area (Å²) in [5, 5.41) is 4.10. The Labute approximate surface area is 120 Å². The van der Waals surface area contributed by atoms with E-state index in [4.69, 9.17) is 11.5 Å². The number of benzene rings is 1. The van der Waals surface area contributed by atoms with E-state index < -0.39 is 17.2 Å². The first kappa shape index (κ1) is 13.5. The topological polar surface area (TPSA) is 82.2 Å². The average Bonchev–Trinajstić information content (AvgIpc) is 2.67. The quantitative estimate of drug-likeness (QED) is 0.784. The third kappa shape index (κ3) is 1.96. The van der Waals surface area contributed by atoms with Crippen LogP contribution >= 0.6 is 0 Å². The number of nitrogen functional groups attached to an aromatic ring is 1. The Morgan fingerprint density at radius 1 is 1.29 bits per heavy atom. The molecular formula is C14H15F2N5. The van der Waals surface area contributed by atoms with Crippen molar-refractivity contribution in [2.75, 3.05) is 5.73 Å². The van der Waals surface area contributed by atoms with Gasteiger partial charge in [0, 0.05) is 11.3 Å². The number of fused-ring (bicyclic) bond motifs is 1. The summed E-state index contributed by atoms with van der Waals surface area (Å²) in [7, 11) is 0. The molecule has 0 bridgehead atoms. The van der Waals surface area contributed by atoms with Crippen molar-refractivity contribution in [1.82, 2.24) is 9.78 Å². The molecule has 1 aromatic heterocycles. The molecule has 2 heterocycles. The monoisotopic (exact) mass is 291 g/mol. The molecule has 0 amide bonds. The van der Waals surface area contributed by atoms with Gasteiger partial charge >= 0.3 is 0 Å². The molecule has 1 aromatic carbocycles. The molecule has 0 spiro atoms. The Bertz CT molecular complexity index is 765. The highest BCUT2D eigenvalue weighted by Gasteiger charge is 2.37. The van der Waals surface area contributed by atoms with Gasteiger partial charge in [0.2, 0.25) is 0 Å². The maximum atomic E-state index is 14.1. The highest BCUT2D eigenvalue weighted by atomic mass is 19.1. The Balaban J connectivity index is 2.17. The van der Waals surface area contributed by atoms with Crippen LogP contribution in [0.2, 0.25) is 0 Å². The highest BCUT2D eigenvalue weighted by Crippen LogP contribution is 2.34. The number of nitrogens with two attached hydrogens (primary N) is 2. The highest BCUT2D eigenvalue weighted by molar-refractivity contribution is 5.97. The molecule has 5 nitrogen and oxygen atoms in total. The summed E-state index contributed by atoms with van der Waals surface area (Å²) in [5.74, 6) is -0.925. The number of nitrogens with zero attached hydrogens (tertiary/aromatic N) is 3. The molecule has 0 aliphatic carbocycles. The van der Waals surface area contributed by atoms with Crippen LogP contribution in [-0.2, 0) is 12.1 Å². The lowest BCUT2D eigenvalue weighted by molar-refractivity contribution is 0.361. The molecule has 0 saturated carbocycles. The summed E-state index contributed by atoms with van der Waals surface area (Å²) in [4.78, 5) is 4.30. The number of halogens is 2. The Morgan fingerprint density at radius 3 is 2.71 bits per heavy atom. The molecule has 21 heavy (non-hydrogen) atoms. The van der Waals surface area contributed by atoms with Crippen LogP contribution in [0.25, 0.3) is 0 Å². The average molecular weight is 291 g/mol. The maximum Gasteiger partial charge on any atom is 0.175 e. The normalized spacial score (nSPS) is 21.0. The second kappa shape index (κ2) is 4.28. The van der Waals surface area contributed by atoms with E-state index in [9.17, 15) is 8.78 Å². The molecule has 110 valence electrons. The van der Waals surface area contributed by atoms with Gasteiger partial charge in [0.1, 0.15) is 22.9 Å². The van der Waals surface area contributed by atoms with Crippen LogP contribution in [0.4, 0.5) is 14.5 Å². The van der Waals surface area contributed by atoms with E-state index in [-0.39, 0.29) is 23.8 Å². The number of hydrogen-bond acceptors (Lipinski definition) is 4. The summed E-state index contributed by atoms with van der Waals surface area (Å²) in [6.45, 7) is 3.45. The zero-order chi connectivity index (χ0) is 15.4. The second-order valence-electron chi connectivity index (χ2n) is 5.42. The predicted molar refractivity (Wildman–Crippen MR) is 75.8 cm³/mol. The zero-order valence-electron chi connectivity index (χ0n) is 11.7. The van der Waals surface area contributed by atoms with E-state index in [0.29, 0.717) is 11.3 Å². The van der Waals surface area contributed by atoms with Gasteiger partial charge < -0.3 is 11.5 Å². The lowest BCUT2D eigenvalue weighted by atomic mass is 9.90. The molecule has 1 aliphatic heterocycles. The molecule has 3 rings (SSSR count). The van der Waals surface area contributed by atoms with Crippen molar-refractivity contribution in [2.24, 2.45) is 10.7 Å². The predicted octanol–water partition coefficient (Wildman–Crippen LogP) is 1.69. The fourth-order valence-corrected chi connectivity index (χ4v) is 2.67. The van der Waals surface area contributed by atoms with Gasteiger partial charge in [-0.05, 0) is 32.0 Å². The summed E-state index contributed by atoms with van der Waals surface area (Å²) in [6, 6.07) is 4.27. The fourth-order valence-electron chi connectivity index (χ4n) is 2.67. The van der Waals surface area contributed by atoms with Gasteiger partial charge in [-0.3, -0.25) is 9.67 Å². The summed E-state index contributed by atoms with van der Waals surface area (Å²) in [6.07, 6.45) is 0. The van der Waals surface area contributed by atoms with Crippen molar-refractivity contribution in [3.8, 4) is 0 Å². The van der Waals surface area contributed by atoms with Crippen LogP contribution in [0.5, 0.6) is 0 Å². The number of hydrogen-bond donors (Lipinski definition) is 2. The van der Waals surface area contributed by atoms with E-state index in [1.165, 1.54) is 22.9 Å². The SMILES string of the molecule is Cc1nn2c(c1F)C(N)=NC(C)(c1cc(N)ccc1F)C2. The Hall–Kier alpha value is -2.44. The molecule has 0 fully saturated rings. The third-order valence-corrected chi connectivity index (χ3v) is 3.69. The molecule has 4 N–H and O–H groups in total. The molecule has 1 atom stereocenters. The smallest absolute Gasteiger partial charge is 0.175 e. The number of rotatable bonds is 1. The van der Waals surface area contributed by atoms with Crippen LogP contribution in [0.15, 0.2) is 23.2 Å². The van der Waals surface area contributed by atoms with Crippen LogP contribution in [-0.4, -0.2) is 15.6 Å². The van der Waals surface area contributed by atoms with Crippen molar-refractivity contribution < 1.29 is 8.78 Å². The number of anilines is 1. The summed E-state index contributed by atoms with van der Waals surface area (Å²) < 4.78 is 29.5. The molecule has 0 radical (unpaired) electrons. The van der Waals surface area contributed by atoms with Gasteiger partial charge in [-0.25, -0.2) is 8.78 Å². The van der Waals surface area contributed by atoms with Gasteiger partial charge in [0.05, 0.1) is 12.2 Å². The lowest BCUT2D eigenvalue weighted by Crippen LogP contribution is -2.38. The third-order valence-electron chi connectivity index (χ3n) is 3.69. The summed E-state index contributed by atoms with van der Waals surface area (Å²) in [5.41, 5.74) is 11.7. The molecular weight excluding hydrogens is 276 g/mol. The van der Waals surface area contributed by atoms with E-state index in [1.807, 2.05) is 0 Å². The second-order valence-corrected chi connectivity index (χ2v) is 5.42. The van der Waals surface area contributed by atoms with E-state index in [0.717, 1.165) is 0 Å². The van der Waals surface area contributed by atoms with Gasteiger partial charge in [-0.1, -0.05) is 0 Å². The number of aryl methyl sites for hydroxylation is 1. The fraction of sp³-hybridized carbons (Fsp3) is 0.286. The van der Waals surface area contributed by atoms with Gasteiger partial charge in [-0.2, -0.15) is 5.10 Å². The molecule has 2 aromatic rings. The molecule has 7 heteroatoms. The molecule has 0 saturated heterocycles.